The van der Waals surface area contributed by atoms with E-state index >= 15 is 0 Å². The van der Waals surface area contributed by atoms with Gasteiger partial charge in [-0.1, -0.05) is 158 Å². The zero-order valence-corrected chi connectivity index (χ0v) is 30.9. The van der Waals surface area contributed by atoms with Crippen LogP contribution in [0.5, 0.6) is 0 Å². The summed E-state index contributed by atoms with van der Waals surface area (Å²) in [5.41, 5.74) is 14.4. The molecular weight excluding hydrogens is 675 g/mol. The number of hydrogen-bond donors (Lipinski definition) is 0. The Hall–Kier alpha value is -7.40. The lowest BCUT2D eigenvalue weighted by Crippen LogP contribution is -1.98. The quantitative estimate of drug-likeness (QED) is 0.168. The van der Waals surface area contributed by atoms with Gasteiger partial charge in [-0.2, -0.15) is 0 Å². The highest BCUT2D eigenvalue weighted by Gasteiger charge is 2.23. The molecule has 1 aromatic heterocycles. The fraction of sp³-hybridized carbons (Fsp3) is 0.0182. The number of aromatic nitrogens is 1. The molecule has 56 heavy (non-hydrogen) atoms. The summed E-state index contributed by atoms with van der Waals surface area (Å²) in [6.45, 7) is 2.27. The molecule has 0 unspecified atom stereocenters. The fourth-order valence-electron chi connectivity index (χ4n) is 9.14. The van der Waals surface area contributed by atoms with E-state index in [9.17, 15) is 0 Å². The molecular formula is C55H35N. The van der Waals surface area contributed by atoms with Crippen molar-refractivity contribution in [2.45, 2.75) is 6.92 Å². The van der Waals surface area contributed by atoms with Crippen molar-refractivity contribution in [2.75, 3.05) is 0 Å². The van der Waals surface area contributed by atoms with Gasteiger partial charge in [0.2, 0.25) is 0 Å². The summed E-state index contributed by atoms with van der Waals surface area (Å²) >= 11 is 0. The van der Waals surface area contributed by atoms with E-state index in [1.807, 2.05) is 6.07 Å². The Labute approximate surface area is 326 Å². The van der Waals surface area contributed by atoms with Gasteiger partial charge in [-0.3, -0.25) is 0 Å². The van der Waals surface area contributed by atoms with Gasteiger partial charge in [0.05, 0.1) is 11.0 Å². The number of nitrogens with zero attached hydrogens (tertiary/aromatic N) is 1. The highest BCUT2D eigenvalue weighted by molar-refractivity contribution is 6.22. The van der Waals surface area contributed by atoms with Crippen LogP contribution in [0.4, 0.5) is 0 Å². The SMILES string of the molecule is Cc1cc2c3ccccc3n(-c3ccccc3)c2c(-c2ccccc2)c1-c1cccc(-c2c3c#cccc3c(-c3ccc4ccccc4c3)c3ccccc23)c1. The Morgan fingerprint density at radius 2 is 1.02 bits per heavy atom. The maximum absolute atomic E-state index is 3.60. The second-order valence-electron chi connectivity index (χ2n) is 14.7. The van der Waals surface area contributed by atoms with Crippen LogP contribution in [0.2, 0.25) is 0 Å². The smallest absolute Gasteiger partial charge is 0.0625 e. The minimum absolute atomic E-state index is 1.08. The molecule has 1 heteroatoms. The van der Waals surface area contributed by atoms with Crippen molar-refractivity contribution in [1.82, 2.24) is 4.57 Å². The van der Waals surface area contributed by atoms with Gasteiger partial charge in [0.15, 0.2) is 0 Å². The number of hydrogen-bond acceptors (Lipinski definition) is 0. The molecule has 0 amide bonds. The minimum atomic E-state index is 1.08. The highest BCUT2D eigenvalue weighted by Crippen LogP contribution is 2.48. The van der Waals surface area contributed by atoms with E-state index in [0.717, 1.165) is 16.6 Å². The third kappa shape index (κ3) is 4.97. The second-order valence-corrected chi connectivity index (χ2v) is 14.7. The van der Waals surface area contributed by atoms with Crippen LogP contribution >= 0.6 is 0 Å². The van der Waals surface area contributed by atoms with Crippen LogP contribution < -0.4 is 0 Å². The Bertz CT molecular complexity index is 3240. The molecule has 0 aliphatic carbocycles. The van der Waals surface area contributed by atoms with Crippen LogP contribution in [0.15, 0.2) is 194 Å². The van der Waals surface area contributed by atoms with Crippen LogP contribution in [0.3, 0.4) is 0 Å². The fourth-order valence-corrected chi connectivity index (χ4v) is 9.14. The molecule has 0 radical (unpaired) electrons. The molecule has 0 saturated carbocycles. The summed E-state index contributed by atoms with van der Waals surface area (Å²) in [5, 5.41) is 9.67. The lowest BCUT2D eigenvalue weighted by Gasteiger charge is -2.20. The maximum atomic E-state index is 3.60. The Balaban J connectivity index is 1.21. The predicted octanol–water partition coefficient (Wildman–Crippen LogP) is 14.8. The van der Waals surface area contributed by atoms with Crippen molar-refractivity contribution in [3.8, 4) is 50.2 Å². The first-order chi connectivity index (χ1) is 27.7. The van der Waals surface area contributed by atoms with Crippen LogP contribution in [0.25, 0.3) is 104 Å². The lowest BCUT2D eigenvalue weighted by atomic mass is 9.84. The van der Waals surface area contributed by atoms with Crippen LogP contribution in [0, 0.1) is 19.1 Å². The van der Waals surface area contributed by atoms with Crippen molar-refractivity contribution in [2.24, 2.45) is 0 Å². The number of fused-ring (bicyclic) bond motifs is 6. The van der Waals surface area contributed by atoms with E-state index in [0.29, 0.717) is 0 Å². The first kappa shape index (κ1) is 32.1. The maximum Gasteiger partial charge on any atom is 0.0625 e. The molecule has 260 valence electrons. The summed E-state index contributed by atoms with van der Waals surface area (Å²) in [4.78, 5) is 0. The first-order valence-corrected chi connectivity index (χ1v) is 19.3. The van der Waals surface area contributed by atoms with Crippen LogP contribution in [-0.4, -0.2) is 4.57 Å². The molecule has 0 aliphatic heterocycles. The first-order valence-electron chi connectivity index (χ1n) is 19.3. The number of rotatable bonds is 5. The lowest BCUT2D eigenvalue weighted by molar-refractivity contribution is 1.18. The number of para-hydroxylation sites is 2. The zero-order chi connectivity index (χ0) is 37.2. The van der Waals surface area contributed by atoms with Gasteiger partial charge in [0.25, 0.3) is 0 Å². The molecule has 0 N–H and O–H groups in total. The second kappa shape index (κ2) is 12.9. The highest BCUT2D eigenvalue weighted by atomic mass is 15.0. The average molecular weight is 710 g/mol. The van der Waals surface area contributed by atoms with E-state index in [2.05, 4.69) is 212 Å². The molecule has 0 aliphatic rings. The van der Waals surface area contributed by atoms with E-state index in [-0.39, 0.29) is 0 Å². The third-order valence-corrected chi connectivity index (χ3v) is 11.5. The van der Waals surface area contributed by atoms with Gasteiger partial charge in [0.1, 0.15) is 0 Å². The molecule has 0 spiro atoms. The number of aryl methyl sites for hydroxylation is 1. The Morgan fingerprint density at radius 3 is 1.82 bits per heavy atom. The largest absolute Gasteiger partial charge is 0.309 e. The monoisotopic (exact) mass is 709 g/mol. The molecule has 1 nitrogen and oxygen atoms in total. The molecule has 10 aromatic carbocycles. The number of benzene rings is 9. The molecule has 1 heterocycles. The van der Waals surface area contributed by atoms with E-state index in [1.165, 1.54) is 93.2 Å². The van der Waals surface area contributed by atoms with Crippen LogP contribution in [0.1, 0.15) is 5.56 Å². The van der Waals surface area contributed by atoms with Crippen molar-refractivity contribution < 1.29 is 0 Å². The standard InChI is InChI=1S/C55H35N/c1-36-33-49-44-25-14-15-30-50(44)56(43-23-6-3-7-24-43)55(49)54(38-18-4-2-5-19-38)51(36)40-21-16-22-41(35-40)52-45-26-10-12-28-47(45)53(48-29-13-11-27-46(48)52)42-32-31-37-17-8-9-20-39(37)34-42/h2-10,12-26,28-35H,1H3. The van der Waals surface area contributed by atoms with Crippen LogP contribution in [-0.2, 0) is 0 Å². The predicted molar refractivity (Wildman–Crippen MR) is 237 cm³/mol. The van der Waals surface area contributed by atoms with Crippen molar-refractivity contribution >= 4 is 54.1 Å². The van der Waals surface area contributed by atoms with E-state index in [1.54, 1.807) is 0 Å². The molecule has 11 rings (SSSR count). The van der Waals surface area contributed by atoms with Gasteiger partial charge in [-0.25, -0.2) is 0 Å². The molecule has 11 aromatic rings. The summed E-state index contributed by atoms with van der Waals surface area (Å²) < 4.78 is 2.46. The zero-order valence-electron chi connectivity index (χ0n) is 30.9. The molecule has 0 saturated heterocycles. The summed E-state index contributed by atoms with van der Waals surface area (Å²) in [6, 6.07) is 77.5. The Kier molecular flexibility index (Phi) is 7.37. The van der Waals surface area contributed by atoms with Crippen molar-refractivity contribution in [3.63, 3.8) is 0 Å². The third-order valence-electron chi connectivity index (χ3n) is 11.5. The van der Waals surface area contributed by atoms with Gasteiger partial charge in [-0.05, 0) is 121 Å². The summed E-state index contributed by atoms with van der Waals surface area (Å²) in [5.74, 6) is 0. The van der Waals surface area contributed by atoms with Crippen molar-refractivity contribution in [1.29, 1.82) is 0 Å². The van der Waals surface area contributed by atoms with Gasteiger partial charge in [0, 0.05) is 33.0 Å². The molecule has 0 fully saturated rings. The summed E-state index contributed by atoms with van der Waals surface area (Å²) in [7, 11) is 0. The molecule has 0 bridgehead atoms. The molecule has 0 atom stereocenters. The minimum Gasteiger partial charge on any atom is -0.309 e. The van der Waals surface area contributed by atoms with E-state index < -0.39 is 0 Å². The van der Waals surface area contributed by atoms with Gasteiger partial charge in [-0.15, -0.1) is 0 Å². The Morgan fingerprint density at radius 1 is 0.393 bits per heavy atom. The summed E-state index contributed by atoms with van der Waals surface area (Å²) in [6.07, 6.45) is 0. The van der Waals surface area contributed by atoms with E-state index in [4.69, 9.17) is 0 Å². The van der Waals surface area contributed by atoms with Crippen molar-refractivity contribution in [3.05, 3.63) is 212 Å². The average Bonchev–Trinajstić information content (AvgIpc) is 3.59. The van der Waals surface area contributed by atoms with Gasteiger partial charge >= 0.3 is 0 Å². The topological polar surface area (TPSA) is 4.93 Å². The van der Waals surface area contributed by atoms with Gasteiger partial charge < -0.3 is 4.57 Å². The normalized spacial score (nSPS) is 11.5.